The lowest BCUT2D eigenvalue weighted by Crippen LogP contribution is -2.46. The maximum absolute atomic E-state index is 13.5. The second kappa shape index (κ2) is 4.56. The van der Waals surface area contributed by atoms with Gasteiger partial charge in [0.2, 0.25) is 5.91 Å². The van der Waals surface area contributed by atoms with Crippen molar-refractivity contribution < 1.29 is 9.59 Å². The lowest BCUT2D eigenvalue weighted by atomic mass is 9.74. The Hall–Kier alpha value is -1.90. The maximum atomic E-state index is 13.5. The molecule has 3 nitrogen and oxygen atoms in total. The van der Waals surface area contributed by atoms with Crippen molar-refractivity contribution in [2.24, 2.45) is 17.3 Å². The minimum Gasteiger partial charge on any atom is -0.311 e. The summed E-state index contributed by atoms with van der Waals surface area (Å²) in [6.07, 6.45) is 8.31. The van der Waals surface area contributed by atoms with Gasteiger partial charge in [0.1, 0.15) is 0 Å². The number of fused-ring (bicyclic) bond motifs is 2. The summed E-state index contributed by atoms with van der Waals surface area (Å²) in [6, 6.07) is 7.61. The molecule has 4 aliphatic rings. The van der Waals surface area contributed by atoms with Crippen molar-refractivity contribution in [3.05, 3.63) is 41.5 Å². The van der Waals surface area contributed by atoms with E-state index in [1.54, 1.807) is 5.57 Å². The van der Waals surface area contributed by atoms with Crippen molar-refractivity contribution in [1.29, 1.82) is 0 Å². The molecule has 2 fully saturated rings. The summed E-state index contributed by atoms with van der Waals surface area (Å²) in [7, 11) is 0. The topological polar surface area (TPSA) is 37.4 Å². The second-order valence-corrected chi connectivity index (χ2v) is 7.72. The summed E-state index contributed by atoms with van der Waals surface area (Å²) in [5.41, 5.74) is 2.96. The Kier molecular flexibility index (Phi) is 2.68. The predicted molar refractivity (Wildman–Crippen MR) is 88.3 cm³/mol. The highest BCUT2D eigenvalue weighted by Crippen LogP contribution is 2.60. The fraction of sp³-hybridized carbons (Fsp3) is 0.500. The monoisotopic (exact) mass is 307 g/mol. The molecular formula is C20H21NO2. The number of amides is 1. The number of carbonyl (C=O) groups excluding carboxylic acids is 2. The Bertz CT molecular complexity index is 750. The molecule has 118 valence electrons. The van der Waals surface area contributed by atoms with Crippen LogP contribution in [0, 0.1) is 17.3 Å². The van der Waals surface area contributed by atoms with E-state index in [2.05, 4.69) is 6.08 Å². The van der Waals surface area contributed by atoms with Crippen LogP contribution >= 0.6 is 0 Å². The van der Waals surface area contributed by atoms with Crippen LogP contribution in [0.2, 0.25) is 0 Å². The first kappa shape index (κ1) is 13.5. The average Bonchev–Trinajstić information content (AvgIpc) is 3.08. The Morgan fingerprint density at radius 1 is 1.17 bits per heavy atom. The third-order valence-electron chi connectivity index (χ3n) is 6.62. The highest BCUT2D eigenvalue weighted by atomic mass is 16.2. The van der Waals surface area contributed by atoms with Gasteiger partial charge < -0.3 is 4.90 Å². The van der Waals surface area contributed by atoms with Crippen LogP contribution in [0.5, 0.6) is 0 Å². The molecule has 1 heterocycles. The van der Waals surface area contributed by atoms with E-state index >= 15 is 0 Å². The van der Waals surface area contributed by atoms with E-state index in [9.17, 15) is 9.59 Å². The number of rotatable bonds is 1. The Balaban J connectivity index is 1.53. The summed E-state index contributed by atoms with van der Waals surface area (Å²) < 4.78 is 0. The highest BCUT2D eigenvalue weighted by Gasteiger charge is 2.56. The summed E-state index contributed by atoms with van der Waals surface area (Å²) >= 11 is 0. The first-order valence-electron chi connectivity index (χ1n) is 8.81. The fourth-order valence-corrected chi connectivity index (χ4v) is 5.51. The van der Waals surface area contributed by atoms with Crippen LogP contribution in [0.1, 0.15) is 48.9 Å². The number of anilines is 1. The SMILES string of the molecule is O=C1CCN(C(=O)C23CC=C4CCC(C2)C4C3)c2ccccc21. The van der Waals surface area contributed by atoms with Gasteiger partial charge in [-0.15, -0.1) is 0 Å². The zero-order valence-electron chi connectivity index (χ0n) is 13.3. The lowest BCUT2D eigenvalue weighted by molar-refractivity contribution is -0.128. The third-order valence-corrected chi connectivity index (χ3v) is 6.62. The molecule has 1 aromatic rings. The maximum Gasteiger partial charge on any atom is 0.233 e. The Morgan fingerprint density at radius 2 is 2.04 bits per heavy atom. The number of hydrogen-bond acceptors (Lipinski definition) is 2. The van der Waals surface area contributed by atoms with Gasteiger partial charge in [-0.2, -0.15) is 0 Å². The molecule has 0 aromatic heterocycles. The molecule has 3 atom stereocenters. The van der Waals surface area contributed by atoms with Gasteiger partial charge in [-0.3, -0.25) is 9.59 Å². The van der Waals surface area contributed by atoms with Crippen molar-refractivity contribution in [1.82, 2.24) is 0 Å². The van der Waals surface area contributed by atoms with Gasteiger partial charge >= 0.3 is 0 Å². The summed E-state index contributed by atoms with van der Waals surface area (Å²) in [5, 5.41) is 0. The molecule has 5 rings (SSSR count). The van der Waals surface area contributed by atoms with Crippen LogP contribution in [0.25, 0.3) is 0 Å². The normalized spacial score (nSPS) is 34.3. The van der Waals surface area contributed by atoms with Crippen LogP contribution in [-0.2, 0) is 4.79 Å². The number of hydrogen-bond donors (Lipinski definition) is 0. The standard InChI is InChI=1S/C20H21NO2/c22-18-8-10-21(17-4-2-1-3-15(17)18)19(23)20-9-7-13-5-6-14(11-20)16(13)12-20/h1-4,7,14,16H,5-6,8-12H2. The first-order valence-corrected chi connectivity index (χ1v) is 8.81. The Morgan fingerprint density at radius 3 is 2.96 bits per heavy atom. The van der Waals surface area contributed by atoms with E-state index in [1.165, 1.54) is 12.8 Å². The number of allylic oxidation sites excluding steroid dienone is 2. The highest BCUT2D eigenvalue weighted by molar-refractivity contribution is 6.10. The Labute approximate surface area is 136 Å². The summed E-state index contributed by atoms with van der Waals surface area (Å²) in [6.45, 7) is 0.544. The zero-order valence-corrected chi connectivity index (χ0v) is 13.3. The third kappa shape index (κ3) is 1.76. The molecule has 0 saturated heterocycles. The molecule has 3 unspecified atom stereocenters. The van der Waals surface area contributed by atoms with E-state index in [1.807, 2.05) is 29.2 Å². The first-order chi connectivity index (χ1) is 11.2. The average molecular weight is 307 g/mol. The minimum atomic E-state index is -0.202. The molecule has 1 aromatic carbocycles. The molecule has 1 amide bonds. The zero-order chi connectivity index (χ0) is 15.6. The number of Topliss-reactive ketones (excluding diaryl/α,β-unsaturated/α-hetero) is 1. The molecule has 23 heavy (non-hydrogen) atoms. The van der Waals surface area contributed by atoms with Crippen molar-refractivity contribution in [3.8, 4) is 0 Å². The van der Waals surface area contributed by atoms with Gasteiger partial charge in [0.25, 0.3) is 0 Å². The lowest BCUT2D eigenvalue weighted by Gasteiger charge is -2.38. The van der Waals surface area contributed by atoms with Crippen molar-refractivity contribution in [2.75, 3.05) is 11.4 Å². The molecule has 0 spiro atoms. The van der Waals surface area contributed by atoms with Crippen molar-refractivity contribution in [3.63, 3.8) is 0 Å². The van der Waals surface area contributed by atoms with Crippen molar-refractivity contribution >= 4 is 17.4 Å². The van der Waals surface area contributed by atoms with Crippen LogP contribution in [0.3, 0.4) is 0 Å². The number of carbonyl (C=O) groups is 2. The molecular weight excluding hydrogens is 286 g/mol. The molecule has 3 aliphatic carbocycles. The molecule has 1 aliphatic heterocycles. The predicted octanol–water partition coefficient (Wildman–Crippen LogP) is 3.74. The van der Waals surface area contributed by atoms with Gasteiger partial charge in [0.05, 0.1) is 11.1 Å². The quantitative estimate of drug-likeness (QED) is 0.741. The number of nitrogens with zero attached hydrogens (tertiary/aromatic N) is 1. The summed E-state index contributed by atoms with van der Waals surface area (Å²) in [5.74, 6) is 1.81. The van der Waals surface area contributed by atoms with Crippen LogP contribution < -0.4 is 4.90 Å². The number of ketones is 1. The molecule has 0 N–H and O–H groups in total. The van der Waals surface area contributed by atoms with Crippen LogP contribution in [0.4, 0.5) is 5.69 Å². The van der Waals surface area contributed by atoms with E-state index in [4.69, 9.17) is 0 Å². The number of benzene rings is 1. The van der Waals surface area contributed by atoms with E-state index < -0.39 is 0 Å². The second-order valence-electron chi connectivity index (χ2n) is 7.72. The molecule has 2 bridgehead atoms. The fourth-order valence-electron chi connectivity index (χ4n) is 5.51. The smallest absolute Gasteiger partial charge is 0.233 e. The molecule has 3 heteroatoms. The van der Waals surface area contributed by atoms with Crippen LogP contribution in [0.15, 0.2) is 35.9 Å². The summed E-state index contributed by atoms with van der Waals surface area (Å²) in [4.78, 5) is 27.5. The van der Waals surface area contributed by atoms with Gasteiger partial charge in [0.15, 0.2) is 5.78 Å². The largest absolute Gasteiger partial charge is 0.311 e. The van der Waals surface area contributed by atoms with Gasteiger partial charge in [-0.25, -0.2) is 0 Å². The van der Waals surface area contributed by atoms with Gasteiger partial charge in [0, 0.05) is 18.5 Å². The van der Waals surface area contributed by atoms with Crippen molar-refractivity contribution in [2.45, 2.75) is 38.5 Å². The van der Waals surface area contributed by atoms with Gasteiger partial charge in [-0.1, -0.05) is 23.8 Å². The molecule has 2 saturated carbocycles. The van der Waals surface area contributed by atoms with Crippen LogP contribution in [-0.4, -0.2) is 18.2 Å². The number of para-hydroxylation sites is 1. The molecule has 0 radical (unpaired) electrons. The van der Waals surface area contributed by atoms with E-state index in [0.29, 0.717) is 24.4 Å². The van der Waals surface area contributed by atoms with E-state index in [-0.39, 0.29) is 17.1 Å². The van der Waals surface area contributed by atoms with Gasteiger partial charge in [-0.05, 0) is 56.1 Å². The van der Waals surface area contributed by atoms with E-state index in [0.717, 1.165) is 30.9 Å². The minimum absolute atomic E-state index is 0.163.